The molecular weight excluding hydrogens is 222 g/mol. The summed E-state index contributed by atoms with van der Waals surface area (Å²) in [6, 6.07) is -0.460. The zero-order chi connectivity index (χ0) is 12.8. The van der Waals surface area contributed by atoms with E-state index in [1.807, 2.05) is 13.8 Å². The molecule has 98 valence electrons. The van der Waals surface area contributed by atoms with Gasteiger partial charge in [0.25, 0.3) is 0 Å². The Morgan fingerprint density at radius 2 is 2.24 bits per heavy atom. The van der Waals surface area contributed by atoms with Crippen LogP contribution in [-0.4, -0.2) is 35.7 Å². The van der Waals surface area contributed by atoms with Crippen LogP contribution >= 0.6 is 0 Å². The molecule has 0 spiro atoms. The van der Waals surface area contributed by atoms with Gasteiger partial charge in [-0.15, -0.1) is 0 Å². The van der Waals surface area contributed by atoms with Crippen molar-refractivity contribution in [1.29, 1.82) is 0 Å². The van der Waals surface area contributed by atoms with E-state index in [0.717, 1.165) is 19.3 Å². The van der Waals surface area contributed by atoms with E-state index in [9.17, 15) is 4.79 Å². The summed E-state index contributed by atoms with van der Waals surface area (Å²) >= 11 is 0. The van der Waals surface area contributed by atoms with Gasteiger partial charge in [0, 0.05) is 6.61 Å². The minimum Gasteiger partial charge on any atom is -0.409 e. The first-order chi connectivity index (χ1) is 8.06. The van der Waals surface area contributed by atoms with Gasteiger partial charge in [-0.3, -0.25) is 4.79 Å². The highest BCUT2D eigenvalue weighted by Crippen LogP contribution is 2.13. The van der Waals surface area contributed by atoms with Crippen molar-refractivity contribution in [3.8, 4) is 0 Å². The number of hydrogen-bond donors (Lipinski definition) is 3. The summed E-state index contributed by atoms with van der Waals surface area (Å²) in [7, 11) is 0. The Hall–Kier alpha value is -1.30. The van der Waals surface area contributed by atoms with Crippen LogP contribution in [0.15, 0.2) is 5.16 Å². The van der Waals surface area contributed by atoms with Gasteiger partial charge in [-0.05, 0) is 25.2 Å². The SMILES string of the molecule is CC(C)C(NC(=O)C1CCCCO1)C(N)=NO. The molecule has 1 aliphatic rings. The lowest BCUT2D eigenvalue weighted by molar-refractivity contribution is -0.136. The number of oxime groups is 1. The second-order valence-electron chi connectivity index (χ2n) is 4.61. The average Bonchev–Trinajstić information content (AvgIpc) is 2.35. The Morgan fingerprint density at radius 3 is 2.71 bits per heavy atom. The van der Waals surface area contributed by atoms with Crippen molar-refractivity contribution in [2.75, 3.05) is 6.61 Å². The first kappa shape index (κ1) is 13.8. The van der Waals surface area contributed by atoms with E-state index in [0.29, 0.717) is 6.61 Å². The molecule has 0 aromatic rings. The van der Waals surface area contributed by atoms with Crippen molar-refractivity contribution in [2.45, 2.75) is 45.3 Å². The molecule has 6 heteroatoms. The summed E-state index contributed by atoms with van der Waals surface area (Å²) in [5.41, 5.74) is 5.54. The van der Waals surface area contributed by atoms with Gasteiger partial charge in [0.1, 0.15) is 6.10 Å². The van der Waals surface area contributed by atoms with Crippen molar-refractivity contribution in [3.05, 3.63) is 0 Å². The highest BCUT2D eigenvalue weighted by molar-refractivity contribution is 5.91. The molecule has 1 fully saturated rings. The summed E-state index contributed by atoms with van der Waals surface area (Å²) in [5, 5.41) is 14.4. The molecule has 1 heterocycles. The van der Waals surface area contributed by atoms with Crippen molar-refractivity contribution in [1.82, 2.24) is 5.32 Å². The highest BCUT2D eigenvalue weighted by Gasteiger charge is 2.27. The molecule has 1 aliphatic heterocycles. The highest BCUT2D eigenvalue weighted by atomic mass is 16.5. The Labute approximate surface area is 101 Å². The first-order valence-corrected chi connectivity index (χ1v) is 5.95. The number of nitrogens with two attached hydrogens (primary N) is 1. The smallest absolute Gasteiger partial charge is 0.249 e. The first-order valence-electron chi connectivity index (χ1n) is 5.95. The van der Waals surface area contributed by atoms with E-state index >= 15 is 0 Å². The van der Waals surface area contributed by atoms with Crippen LogP contribution in [0.5, 0.6) is 0 Å². The van der Waals surface area contributed by atoms with Gasteiger partial charge in [-0.2, -0.15) is 0 Å². The van der Waals surface area contributed by atoms with Gasteiger partial charge < -0.3 is 21.0 Å². The van der Waals surface area contributed by atoms with Crippen LogP contribution in [0, 0.1) is 5.92 Å². The summed E-state index contributed by atoms with van der Waals surface area (Å²) in [6.45, 7) is 4.41. The van der Waals surface area contributed by atoms with Crippen LogP contribution < -0.4 is 11.1 Å². The fourth-order valence-electron chi connectivity index (χ4n) is 1.84. The number of ether oxygens (including phenoxy) is 1. The minimum atomic E-state index is -0.460. The van der Waals surface area contributed by atoms with Crippen LogP contribution in [0.2, 0.25) is 0 Å². The second kappa shape index (κ2) is 6.44. The van der Waals surface area contributed by atoms with Gasteiger partial charge in [0.2, 0.25) is 5.91 Å². The quantitative estimate of drug-likeness (QED) is 0.289. The fraction of sp³-hybridized carbons (Fsp3) is 0.818. The minimum absolute atomic E-state index is 0.0177. The molecule has 0 radical (unpaired) electrons. The van der Waals surface area contributed by atoms with Gasteiger partial charge in [0.15, 0.2) is 5.84 Å². The number of amides is 1. The van der Waals surface area contributed by atoms with E-state index in [1.54, 1.807) is 0 Å². The molecule has 0 aromatic carbocycles. The summed E-state index contributed by atoms with van der Waals surface area (Å²) in [6.07, 6.45) is 2.31. The standard InChI is InChI=1S/C11H21N3O3/c1-7(2)9(10(12)14-16)13-11(15)8-5-3-4-6-17-8/h7-9,16H,3-6H2,1-2H3,(H2,12,14)(H,13,15). The number of amidine groups is 1. The predicted octanol–water partition coefficient (Wildman–Crippen LogP) is 0.443. The van der Waals surface area contributed by atoms with E-state index in [-0.39, 0.29) is 17.7 Å². The lowest BCUT2D eigenvalue weighted by Gasteiger charge is -2.26. The van der Waals surface area contributed by atoms with Crippen molar-refractivity contribution in [3.63, 3.8) is 0 Å². The monoisotopic (exact) mass is 243 g/mol. The third-order valence-corrected chi connectivity index (χ3v) is 2.87. The van der Waals surface area contributed by atoms with Crippen molar-refractivity contribution < 1.29 is 14.7 Å². The topological polar surface area (TPSA) is 96.9 Å². The Morgan fingerprint density at radius 1 is 1.53 bits per heavy atom. The average molecular weight is 243 g/mol. The summed E-state index contributed by atoms with van der Waals surface area (Å²) < 4.78 is 5.38. The van der Waals surface area contributed by atoms with Crippen molar-refractivity contribution in [2.24, 2.45) is 16.8 Å². The molecule has 2 unspecified atom stereocenters. The lowest BCUT2D eigenvalue weighted by Crippen LogP contribution is -2.51. The fourth-order valence-corrected chi connectivity index (χ4v) is 1.84. The van der Waals surface area contributed by atoms with Crippen molar-refractivity contribution >= 4 is 11.7 Å². The molecule has 17 heavy (non-hydrogen) atoms. The Balaban J connectivity index is 2.57. The van der Waals surface area contributed by atoms with E-state index < -0.39 is 12.1 Å². The molecule has 1 rings (SSSR count). The van der Waals surface area contributed by atoms with E-state index in [2.05, 4.69) is 10.5 Å². The second-order valence-corrected chi connectivity index (χ2v) is 4.61. The van der Waals surface area contributed by atoms with E-state index in [1.165, 1.54) is 0 Å². The zero-order valence-corrected chi connectivity index (χ0v) is 10.3. The van der Waals surface area contributed by atoms with Crippen LogP contribution in [0.25, 0.3) is 0 Å². The van der Waals surface area contributed by atoms with E-state index in [4.69, 9.17) is 15.7 Å². The van der Waals surface area contributed by atoms with Gasteiger partial charge in [-0.1, -0.05) is 19.0 Å². The maximum atomic E-state index is 11.9. The number of carbonyl (C=O) groups is 1. The third kappa shape index (κ3) is 3.89. The third-order valence-electron chi connectivity index (χ3n) is 2.87. The zero-order valence-electron chi connectivity index (χ0n) is 10.3. The van der Waals surface area contributed by atoms with Crippen LogP contribution in [0.4, 0.5) is 0 Å². The van der Waals surface area contributed by atoms with Gasteiger partial charge >= 0.3 is 0 Å². The Kier molecular flexibility index (Phi) is 5.21. The summed E-state index contributed by atoms with van der Waals surface area (Å²) in [4.78, 5) is 11.9. The maximum Gasteiger partial charge on any atom is 0.249 e. The van der Waals surface area contributed by atoms with Gasteiger partial charge in [-0.25, -0.2) is 0 Å². The molecule has 1 saturated heterocycles. The number of rotatable bonds is 4. The number of nitrogens with one attached hydrogen (secondary N) is 1. The largest absolute Gasteiger partial charge is 0.409 e. The molecule has 2 atom stereocenters. The molecule has 4 N–H and O–H groups in total. The molecule has 0 aliphatic carbocycles. The Bertz CT molecular complexity index is 286. The molecule has 0 bridgehead atoms. The molecular formula is C11H21N3O3. The number of hydrogen-bond acceptors (Lipinski definition) is 4. The number of nitrogens with zero attached hydrogens (tertiary/aromatic N) is 1. The molecule has 1 amide bonds. The molecule has 6 nitrogen and oxygen atoms in total. The van der Waals surface area contributed by atoms with Gasteiger partial charge in [0.05, 0.1) is 6.04 Å². The normalized spacial score (nSPS) is 23.5. The maximum absolute atomic E-state index is 11.9. The lowest BCUT2D eigenvalue weighted by atomic mass is 10.0. The summed E-state index contributed by atoms with van der Waals surface area (Å²) in [5.74, 6) is -0.113. The van der Waals surface area contributed by atoms with Crippen LogP contribution in [0.3, 0.4) is 0 Å². The van der Waals surface area contributed by atoms with Crippen LogP contribution in [0.1, 0.15) is 33.1 Å². The predicted molar refractivity (Wildman–Crippen MR) is 63.8 cm³/mol. The number of carbonyl (C=O) groups excluding carboxylic acids is 1. The van der Waals surface area contributed by atoms with Crippen LogP contribution in [-0.2, 0) is 9.53 Å². The molecule has 0 saturated carbocycles. The molecule has 0 aromatic heterocycles.